The van der Waals surface area contributed by atoms with Gasteiger partial charge >= 0.3 is 0 Å². The first-order chi connectivity index (χ1) is 10.0. The lowest BCUT2D eigenvalue weighted by molar-refractivity contribution is 0.171. The van der Waals surface area contributed by atoms with Crippen molar-refractivity contribution in [1.29, 1.82) is 0 Å². The molecule has 0 aliphatic carbocycles. The fraction of sp³-hybridized carbons (Fsp3) is 0.214. The molecule has 0 spiro atoms. The maximum Gasteiger partial charge on any atom is 0.262 e. The highest BCUT2D eigenvalue weighted by Crippen LogP contribution is 2.32. The van der Waals surface area contributed by atoms with Crippen LogP contribution in [0.3, 0.4) is 0 Å². The number of aromatic nitrogens is 1. The minimum Gasteiger partial charge on any atom is -0.486 e. The number of nitrogens with zero attached hydrogens (tertiary/aromatic N) is 1. The van der Waals surface area contributed by atoms with Gasteiger partial charge < -0.3 is 9.47 Å². The third-order valence-corrected chi connectivity index (χ3v) is 4.33. The Morgan fingerprint density at radius 2 is 1.86 bits per heavy atom. The van der Waals surface area contributed by atoms with Crippen molar-refractivity contribution in [3.63, 3.8) is 0 Å². The Morgan fingerprint density at radius 1 is 1.10 bits per heavy atom. The largest absolute Gasteiger partial charge is 0.486 e. The summed E-state index contributed by atoms with van der Waals surface area (Å²) in [5.74, 6) is 0.990. The summed E-state index contributed by atoms with van der Waals surface area (Å²) in [5.41, 5.74) is 1.29. The number of fused-ring (bicyclic) bond motifs is 1. The van der Waals surface area contributed by atoms with Crippen molar-refractivity contribution in [3.05, 3.63) is 42.2 Å². The van der Waals surface area contributed by atoms with Crippen molar-refractivity contribution in [2.75, 3.05) is 17.9 Å². The Kier molecular flexibility index (Phi) is 3.42. The minimum absolute atomic E-state index is 0.119. The van der Waals surface area contributed by atoms with Crippen LogP contribution in [0.25, 0.3) is 0 Å². The lowest BCUT2D eigenvalue weighted by atomic mass is 10.3. The molecule has 110 valence electrons. The van der Waals surface area contributed by atoms with Gasteiger partial charge in [-0.3, -0.25) is 9.71 Å². The average Bonchev–Trinajstić information content (AvgIpc) is 2.46. The number of sulfonamides is 1. The van der Waals surface area contributed by atoms with Gasteiger partial charge in [0.2, 0.25) is 0 Å². The van der Waals surface area contributed by atoms with E-state index in [-0.39, 0.29) is 4.90 Å². The molecular weight excluding hydrogens is 292 g/mol. The van der Waals surface area contributed by atoms with Gasteiger partial charge in [-0.1, -0.05) is 0 Å². The second-order valence-corrected chi connectivity index (χ2v) is 6.34. The molecule has 7 heteroatoms. The van der Waals surface area contributed by atoms with Crippen molar-refractivity contribution in [2.45, 2.75) is 11.8 Å². The lowest BCUT2D eigenvalue weighted by Crippen LogP contribution is -2.17. The number of hydrogen-bond donors (Lipinski definition) is 1. The molecule has 1 N–H and O–H groups in total. The zero-order valence-electron chi connectivity index (χ0n) is 11.4. The quantitative estimate of drug-likeness (QED) is 0.938. The Bertz CT molecular complexity index is 774. The van der Waals surface area contributed by atoms with E-state index in [0.717, 1.165) is 5.56 Å². The van der Waals surface area contributed by atoms with Crippen LogP contribution < -0.4 is 14.2 Å². The van der Waals surface area contributed by atoms with Crippen LogP contribution >= 0.6 is 0 Å². The van der Waals surface area contributed by atoms with Crippen molar-refractivity contribution in [1.82, 2.24) is 4.98 Å². The van der Waals surface area contributed by atoms with Crippen molar-refractivity contribution < 1.29 is 17.9 Å². The van der Waals surface area contributed by atoms with Crippen molar-refractivity contribution >= 4 is 15.7 Å². The van der Waals surface area contributed by atoms with E-state index in [1.807, 2.05) is 6.92 Å². The number of nitrogens with one attached hydrogen (secondary N) is 1. The van der Waals surface area contributed by atoms with Gasteiger partial charge in [-0.05, 0) is 30.7 Å². The summed E-state index contributed by atoms with van der Waals surface area (Å²) in [4.78, 5) is 4.08. The van der Waals surface area contributed by atoms with Gasteiger partial charge in [0, 0.05) is 12.3 Å². The molecule has 0 radical (unpaired) electrons. The van der Waals surface area contributed by atoms with Gasteiger partial charge in [-0.15, -0.1) is 0 Å². The molecule has 0 saturated carbocycles. The number of hydrogen-bond acceptors (Lipinski definition) is 5. The number of pyridine rings is 1. The first kappa shape index (κ1) is 13.7. The Balaban J connectivity index is 1.91. The molecule has 21 heavy (non-hydrogen) atoms. The molecule has 6 nitrogen and oxygen atoms in total. The normalized spacial score (nSPS) is 13.8. The number of ether oxygens (including phenoxy) is 2. The van der Waals surface area contributed by atoms with Crippen LogP contribution in [-0.4, -0.2) is 26.6 Å². The fourth-order valence-electron chi connectivity index (χ4n) is 2.02. The molecule has 1 aliphatic heterocycles. The lowest BCUT2D eigenvalue weighted by Gasteiger charge is -2.19. The molecule has 1 aliphatic rings. The smallest absolute Gasteiger partial charge is 0.262 e. The topological polar surface area (TPSA) is 77.5 Å². The van der Waals surface area contributed by atoms with Crippen LogP contribution in [0, 0.1) is 6.92 Å². The van der Waals surface area contributed by atoms with E-state index in [0.29, 0.717) is 30.4 Å². The molecule has 0 saturated heterocycles. The SMILES string of the molecule is Cc1cncc(NS(=O)(=O)c2ccc3c(c2)OCCO3)c1. The number of rotatable bonds is 3. The average molecular weight is 306 g/mol. The third-order valence-electron chi connectivity index (χ3n) is 2.95. The van der Waals surface area contributed by atoms with E-state index in [1.165, 1.54) is 18.3 Å². The zero-order valence-corrected chi connectivity index (χ0v) is 12.2. The van der Waals surface area contributed by atoms with E-state index in [1.54, 1.807) is 18.3 Å². The van der Waals surface area contributed by atoms with Crippen LogP contribution in [0.1, 0.15) is 5.56 Å². The monoisotopic (exact) mass is 306 g/mol. The predicted octanol–water partition coefficient (Wildman–Crippen LogP) is 1.96. The second kappa shape index (κ2) is 5.25. The molecule has 0 amide bonds. The van der Waals surface area contributed by atoms with E-state index in [9.17, 15) is 8.42 Å². The molecule has 3 rings (SSSR count). The molecular formula is C14H14N2O4S. The first-order valence-corrected chi connectivity index (χ1v) is 7.87. The van der Waals surface area contributed by atoms with Crippen molar-refractivity contribution in [2.24, 2.45) is 0 Å². The van der Waals surface area contributed by atoms with E-state index >= 15 is 0 Å². The highest BCUT2D eigenvalue weighted by atomic mass is 32.2. The summed E-state index contributed by atoms with van der Waals surface area (Å²) in [6.07, 6.45) is 3.12. The highest BCUT2D eigenvalue weighted by Gasteiger charge is 2.19. The fourth-order valence-corrected chi connectivity index (χ4v) is 3.06. The van der Waals surface area contributed by atoms with Crippen LogP contribution in [0.4, 0.5) is 5.69 Å². The summed E-state index contributed by atoms with van der Waals surface area (Å²) >= 11 is 0. The standard InChI is InChI=1S/C14H14N2O4S/c1-10-6-11(9-15-8-10)16-21(17,18)12-2-3-13-14(7-12)20-5-4-19-13/h2-3,6-9,16H,4-5H2,1H3. The molecule has 2 aromatic rings. The van der Waals surface area contributed by atoms with Gasteiger partial charge in [-0.25, -0.2) is 8.42 Å². The summed E-state index contributed by atoms with van der Waals surface area (Å²) < 4.78 is 38.0. The second-order valence-electron chi connectivity index (χ2n) is 4.66. The van der Waals surface area contributed by atoms with Crippen molar-refractivity contribution in [3.8, 4) is 11.5 Å². The van der Waals surface area contributed by atoms with E-state index < -0.39 is 10.0 Å². The Hall–Kier alpha value is -2.28. The van der Waals surface area contributed by atoms with Gasteiger partial charge in [0.05, 0.1) is 16.8 Å². The Morgan fingerprint density at radius 3 is 2.62 bits per heavy atom. The van der Waals surface area contributed by atoms with Crippen LogP contribution in [-0.2, 0) is 10.0 Å². The molecule has 0 bridgehead atoms. The van der Waals surface area contributed by atoms with Crippen LogP contribution in [0.5, 0.6) is 11.5 Å². The van der Waals surface area contributed by atoms with E-state index in [4.69, 9.17) is 9.47 Å². The maximum absolute atomic E-state index is 12.4. The maximum atomic E-state index is 12.4. The summed E-state index contributed by atoms with van der Waals surface area (Å²) in [7, 11) is -3.69. The van der Waals surface area contributed by atoms with Crippen LogP contribution in [0.2, 0.25) is 0 Å². The minimum atomic E-state index is -3.69. The van der Waals surface area contributed by atoms with Gasteiger partial charge in [0.25, 0.3) is 10.0 Å². The Labute approximate surface area is 122 Å². The molecule has 1 aromatic heterocycles. The molecule has 0 fully saturated rings. The highest BCUT2D eigenvalue weighted by molar-refractivity contribution is 7.92. The molecule has 2 heterocycles. The molecule has 0 atom stereocenters. The summed E-state index contributed by atoms with van der Waals surface area (Å²) in [6, 6.07) is 6.25. The summed E-state index contributed by atoms with van der Waals surface area (Å²) in [6.45, 7) is 2.72. The summed E-state index contributed by atoms with van der Waals surface area (Å²) in [5, 5.41) is 0. The molecule has 0 unspecified atom stereocenters. The number of benzene rings is 1. The first-order valence-electron chi connectivity index (χ1n) is 6.39. The predicted molar refractivity (Wildman–Crippen MR) is 77.2 cm³/mol. The molecule has 1 aromatic carbocycles. The van der Waals surface area contributed by atoms with Gasteiger partial charge in [0.15, 0.2) is 11.5 Å². The number of aryl methyl sites for hydroxylation is 1. The van der Waals surface area contributed by atoms with E-state index in [2.05, 4.69) is 9.71 Å². The van der Waals surface area contributed by atoms with Gasteiger partial charge in [0.1, 0.15) is 13.2 Å². The third kappa shape index (κ3) is 2.92. The van der Waals surface area contributed by atoms with Gasteiger partial charge in [-0.2, -0.15) is 0 Å². The number of anilines is 1. The van der Waals surface area contributed by atoms with Crippen LogP contribution in [0.15, 0.2) is 41.6 Å². The zero-order chi connectivity index (χ0) is 14.9.